The number of carbonyl (C=O) groups excluding carboxylic acids is 1. The maximum absolute atomic E-state index is 11.3. The van der Waals surface area contributed by atoms with E-state index in [0.717, 1.165) is 12.0 Å². The third-order valence-electron chi connectivity index (χ3n) is 3.01. The van der Waals surface area contributed by atoms with Crippen LogP contribution in [-0.2, 0) is 9.53 Å². The fourth-order valence-corrected chi connectivity index (χ4v) is 1.84. The summed E-state index contributed by atoms with van der Waals surface area (Å²) in [5.74, 6) is 0.711. The molecule has 1 aliphatic rings. The minimum atomic E-state index is -0.148. The van der Waals surface area contributed by atoms with Crippen LogP contribution >= 0.6 is 0 Å². The Morgan fingerprint density at radius 2 is 2.35 bits per heavy atom. The Morgan fingerprint density at radius 3 is 3.00 bits per heavy atom. The van der Waals surface area contributed by atoms with Gasteiger partial charge in [0.15, 0.2) is 0 Å². The molecule has 2 rings (SSSR count). The lowest BCUT2D eigenvalue weighted by atomic mass is 10.1. The van der Waals surface area contributed by atoms with Gasteiger partial charge >= 0.3 is 5.97 Å². The summed E-state index contributed by atoms with van der Waals surface area (Å²) in [6.45, 7) is 4.12. The second kappa shape index (κ2) is 4.73. The molecule has 4 nitrogen and oxygen atoms in total. The summed E-state index contributed by atoms with van der Waals surface area (Å²) in [4.78, 5) is 15.2. The quantitative estimate of drug-likeness (QED) is 0.812. The molecule has 1 saturated carbocycles. The number of pyridine rings is 1. The predicted molar refractivity (Wildman–Crippen MR) is 62.5 cm³/mol. The molecule has 0 spiro atoms. The zero-order valence-corrected chi connectivity index (χ0v) is 10.1. The highest BCUT2D eigenvalue weighted by Gasteiger charge is 2.39. The molecule has 1 aromatic heterocycles. The van der Waals surface area contributed by atoms with Gasteiger partial charge in [0.05, 0.1) is 18.7 Å². The summed E-state index contributed by atoms with van der Waals surface area (Å²) in [5, 5.41) is 9.32. The first-order valence-electron chi connectivity index (χ1n) is 5.88. The number of carbonyl (C=O) groups is 1. The Balaban J connectivity index is 1.83. The lowest BCUT2D eigenvalue weighted by Gasteiger charge is -2.06. The van der Waals surface area contributed by atoms with Crippen molar-refractivity contribution in [3.8, 4) is 5.75 Å². The monoisotopic (exact) mass is 235 g/mol. The molecule has 17 heavy (non-hydrogen) atoms. The van der Waals surface area contributed by atoms with E-state index in [2.05, 4.69) is 4.98 Å². The van der Waals surface area contributed by atoms with E-state index < -0.39 is 0 Å². The van der Waals surface area contributed by atoms with E-state index >= 15 is 0 Å². The average molecular weight is 235 g/mol. The lowest BCUT2D eigenvalue weighted by molar-refractivity contribution is -0.147. The van der Waals surface area contributed by atoms with Gasteiger partial charge in [-0.25, -0.2) is 0 Å². The van der Waals surface area contributed by atoms with Gasteiger partial charge in [0.2, 0.25) is 0 Å². The first-order chi connectivity index (χ1) is 8.08. The number of rotatable bonds is 4. The van der Waals surface area contributed by atoms with Crippen LogP contribution in [0.4, 0.5) is 0 Å². The van der Waals surface area contributed by atoms with Gasteiger partial charge in [-0.2, -0.15) is 0 Å². The number of ether oxygens (including phenoxy) is 1. The molecule has 0 radical (unpaired) electrons. The molecule has 1 fully saturated rings. The van der Waals surface area contributed by atoms with Crippen LogP contribution in [0.15, 0.2) is 18.5 Å². The van der Waals surface area contributed by atoms with Crippen molar-refractivity contribution in [3.05, 3.63) is 24.0 Å². The smallest absolute Gasteiger partial charge is 0.308 e. The number of nitrogens with zero attached hydrogens (tertiary/aromatic N) is 1. The molecule has 0 amide bonds. The number of esters is 1. The summed E-state index contributed by atoms with van der Waals surface area (Å²) in [6.07, 6.45) is 4.17. The van der Waals surface area contributed by atoms with Gasteiger partial charge in [0, 0.05) is 12.1 Å². The molecule has 1 aromatic rings. The Morgan fingerprint density at radius 1 is 1.59 bits per heavy atom. The summed E-state index contributed by atoms with van der Waals surface area (Å²) in [6, 6.07) is 1.72. The van der Waals surface area contributed by atoms with Gasteiger partial charge in [-0.05, 0) is 24.0 Å². The number of hydrogen-bond acceptors (Lipinski definition) is 4. The number of hydrogen-bond donors (Lipinski definition) is 1. The molecule has 2 unspecified atom stereocenters. The SMILES string of the molecule is CC(C)C(=O)OCC1CC1c1cncc(O)c1. The van der Waals surface area contributed by atoms with Gasteiger partial charge in [-0.15, -0.1) is 0 Å². The van der Waals surface area contributed by atoms with E-state index in [9.17, 15) is 9.90 Å². The maximum Gasteiger partial charge on any atom is 0.308 e. The van der Waals surface area contributed by atoms with Crippen LogP contribution in [0, 0.1) is 11.8 Å². The fourth-order valence-electron chi connectivity index (χ4n) is 1.84. The first-order valence-corrected chi connectivity index (χ1v) is 5.88. The molecule has 92 valence electrons. The van der Waals surface area contributed by atoms with Crippen molar-refractivity contribution in [2.45, 2.75) is 26.2 Å². The minimum absolute atomic E-state index is 0.0744. The van der Waals surface area contributed by atoms with Crippen molar-refractivity contribution in [2.24, 2.45) is 11.8 Å². The summed E-state index contributed by atoms with van der Waals surface area (Å²) in [5.41, 5.74) is 1.02. The molecule has 1 N–H and O–H groups in total. The van der Waals surface area contributed by atoms with Crippen LogP contribution < -0.4 is 0 Å². The predicted octanol–water partition coefficient (Wildman–Crippen LogP) is 2.09. The van der Waals surface area contributed by atoms with Crippen molar-refractivity contribution in [1.82, 2.24) is 4.98 Å². The third-order valence-corrected chi connectivity index (χ3v) is 3.01. The second-order valence-electron chi connectivity index (χ2n) is 4.86. The van der Waals surface area contributed by atoms with Gasteiger partial charge in [-0.1, -0.05) is 13.8 Å². The van der Waals surface area contributed by atoms with Crippen LogP contribution in [0.5, 0.6) is 5.75 Å². The Labute approximate surface area is 101 Å². The molecule has 1 aliphatic carbocycles. The fraction of sp³-hybridized carbons (Fsp3) is 0.538. The highest BCUT2D eigenvalue weighted by atomic mass is 16.5. The van der Waals surface area contributed by atoms with Gasteiger partial charge in [0.25, 0.3) is 0 Å². The van der Waals surface area contributed by atoms with E-state index in [1.165, 1.54) is 6.20 Å². The topological polar surface area (TPSA) is 59.4 Å². The molecule has 0 bridgehead atoms. The highest BCUT2D eigenvalue weighted by molar-refractivity contribution is 5.71. The summed E-state index contributed by atoms with van der Waals surface area (Å²) < 4.78 is 5.19. The van der Waals surface area contributed by atoms with E-state index in [4.69, 9.17) is 4.74 Å². The molecular weight excluding hydrogens is 218 g/mol. The minimum Gasteiger partial charge on any atom is -0.506 e. The summed E-state index contributed by atoms with van der Waals surface area (Å²) >= 11 is 0. The van der Waals surface area contributed by atoms with Crippen LogP contribution in [0.25, 0.3) is 0 Å². The van der Waals surface area contributed by atoms with Crippen molar-refractivity contribution < 1.29 is 14.6 Å². The van der Waals surface area contributed by atoms with E-state index in [0.29, 0.717) is 18.4 Å². The zero-order chi connectivity index (χ0) is 12.4. The maximum atomic E-state index is 11.3. The largest absolute Gasteiger partial charge is 0.506 e. The van der Waals surface area contributed by atoms with Crippen molar-refractivity contribution in [1.29, 1.82) is 0 Å². The van der Waals surface area contributed by atoms with Crippen LogP contribution in [0.3, 0.4) is 0 Å². The average Bonchev–Trinajstić information content (AvgIpc) is 3.05. The van der Waals surface area contributed by atoms with Crippen LogP contribution in [0.2, 0.25) is 0 Å². The number of aromatic nitrogens is 1. The first kappa shape index (κ1) is 11.9. The Bertz CT molecular complexity index is 417. The zero-order valence-electron chi connectivity index (χ0n) is 10.1. The van der Waals surface area contributed by atoms with Gasteiger partial charge < -0.3 is 9.84 Å². The van der Waals surface area contributed by atoms with Crippen LogP contribution in [0.1, 0.15) is 31.7 Å². The molecular formula is C13H17NO3. The van der Waals surface area contributed by atoms with E-state index in [-0.39, 0.29) is 17.6 Å². The third kappa shape index (κ3) is 2.96. The van der Waals surface area contributed by atoms with E-state index in [1.807, 2.05) is 13.8 Å². The molecule has 2 atom stereocenters. The Hall–Kier alpha value is -1.58. The molecule has 0 aromatic carbocycles. The molecule has 1 heterocycles. The highest BCUT2D eigenvalue weighted by Crippen LogP contribution is 2.47. The van der Waals surface area contributed by atoms with Crippen molar-refractivity contribution in [3.63, 3.8) is 0 Å². The lowest BCUT2D eigenvalue weighted by Crippen LogP contribution is -2.13. The summed E-state index contributed by atoms with van der Waals surface area (Å²) in [7, 11) is 0. The van der Waals surface area contributed by atoms with E-state index in [1.54, 1.807) is 12.3 Å². The van der Waals surface area contributed by atoms with Crippen molar-refractivity contribution >= 4 is 5.97 Å². The van der Waals surface area contributed by atoms with Gasteiger partial charge in [0.1, 0.15) is 5.75 Å². The second-order valence-corrected chi connectivity index (χ2v) is 4.86. The normalized spacial score (nSPS) is 22.5. The molecule has 0 aliphatic heterocycles. The number of aromatic hydroxyl groups is 1. The van der Waals surface area contributed by atoms with Crippen LogP contribution in [-0.4, -0.2) is 22.7 Å². The molecule has 4 heteroatoms. The molecule has 0 saturated heterocycles. The van der Waals surface area contributed by atoms with Gasteiger partial charge in [-0.3, -0.25) is 9.78 Å². The van der Waals surface area contributed by atoms with Crippen molar-refractivity contribution in [2.75, 3.05) is 6.61 Å². The standard InChI is InChI=1S/C13H17NO3/c1-8(2)13(16)17-7-10-4-12(10)9-3-11(15)6-14-5-9/h3,5-6,8,10,12,15H,4,7H2,1-2H3. The Kier molecular flexibility index (Phi) is 3.31.